The molecule has 12 nitrogen and oxygen atoms in total. The lowest BCUT2D eigenvalue weighted by Gasteiger charge is -2.45. The van der Waals surface area contributed by atoms with Crippen LogP contribution in [0, 0.1) is 0 Å². The van der Waals surface area contributed by atoms with E-state index in [0.717, 1.165) is 12.8 Å². The molecule has 0 saturated carbocycles. The van der Waals surface area contributed by atoms with E-state index in [1.54, 1.807) is 0 Å². The second kappa shape index (κ2) is 17.2. The zero-order valence-electron chi connectivity index (χ0n) is 21.1. The van der Waals surface area contributed by atoms with Crippen molar-refractivity contribution in [2.75, 3.05) is 33.0 Å². The second-order valence-electron chi connectivity index (χ2n) is 9.46. The number of unbranched alkanes of at least 4 members (excludes halogenated alkanes) is 7. The van der Waals surface area contributed by atoms with Gasteiger partial charge in [-0.05, 0) is 6.42 Å². The van der Waals surface area contributed by atoms with Gasteiger partial charge in [0.25, 0.3) is 0 Å². The van der Waals surface area contributed by atoms with Crippen molar-refractivity contribution in [1.29, 1.82) is 0 Å². The van der Waals surface area contributed by atoms with E-state index in [-0.39, 0.29) is 13.2 Å². The highest BCUT2D eigenvalue weighted by atomic mass is 16.7. The van der Waals surface area contributed by atoms with Gasteiger partial charge in [-0.1, -0.05) is 51.9 Å². The molecule has 2 saturated heterocycles. The summed E-state index contributed by atoms with van der Waals surface area (Å²) in [7, 11) is 0. The minimum Gasteiger partial charge on any atom is -0.394 e. The van der Waals surface area contributed by atoms with Crippen LogP contribution < -0.4 is 0 Å². The molecule has 36 heavy (non-hydrogen) atoms. The van der Waals surface area contributed by atoms with Crippen LogP contribution in [0.25, 0.3) is 0 Å². The molecule has 10 atom stereocenters. The minimum atomic E-state index is -1.71. The Balaban J connectivity index is 1.71. The summed E-state index contributed by atoms with van der Waals surface area (Å²) in [5.74, 6) is 0. The Kier molecular flexibility index (Phi) is 15.1. The summed E-state index contributed by atoms with van der Waals surface area (Å²) >= 11 is 0. The third-order valence-corrected chi connectivity index (χ3v) is 6.61. The smallest absolute Gasteiger partial charge is 0.187 e. The molecule has 2 aliphatic rings. The summed E-state index contributed by atoms with van der Waals surface area (Å²) in [5, 5.41) is 70.1. The maximum absolute atomic E-state index is 10.6. The predicted molar refractivity (Wildman–Crippen MR) is 126 cm³/mol. The van der Waals surface area contributed by atoms with Crippen LogP contribution in [-0.4, -0.2) is 130 Å². The summed E-state index contributed by atoms with van der Waals surface area (Å²) in [5.41, 5.74) is 0. The minimum absolute atomic E-state index is 0.0991. The molecular formula is C24H46O12. The number of rotatable bonds is 17. The molecule has 214 valence electrons. The summed E-state index contributed by atoms with van der Waals surface area (Å²) in [4.78, 5) is 0. The number of hydrogen-bond acceptors (Lipinski definition) is 12. The summed E-state index contributed by atoms with van der Waals surface area (Å²) in [6, 6.07) is 0. The average Bonchev–Trinajstić information content (AvgIpc) is 2.88. The molecule has 4 unspecified atom stereocenters. The first-order valence-corrected chi connectivity index (χ1v) is 13.1. The van der Waals surface area contributed by atoms with Gasteiger partial charge in [-0.3, -0.25) is 0 Å². The largest absolute Gasteiger partial charge is 0.394 e. The molecule has 0 radical (unpaired) electrons. The fourth-order valence-corrected chi connectivity index (χ4v) is 4.36. The predicted octanol–water partition coefficient (Wildman–Crippen LogP) is -1.22. The van der Waals surface area contributed by atoms with E-state index < -0.39 is 74.6 Å². The number of aliphatic hydroxyl groups excluding tert-OH is 7. The molecule has 2 heterocycles. The highest BCUT2D eigenvalue weighted by molar-refractivity contribution is 4.94. The molecule has 0 bridgehead atoms. The summed E-state index contributed by atoms with van der Waals surface area (Å²) in [6.07, 6.45) is -5.02. The van der Waals surface area contributed by atoms with E-state index in [1.807, 2.05) is 0 Å². The van der Waals surface area contributed by atoms with Gasteiger partial charge in [-0.25, -0.2) is 0 Å². The van der Waals surface area contributed by atoms with Crippen LogP contribution in [0.4, 0.5) is 0 Å². The molecular weight excluding hydrogens is 480 g/mol. The second-order valence-corrected chi connectivity index (χ2v) is 9.46. The third-order valence-electron chi connectivity index (χ3n) is 6.61. The fourth-order valence-electron chi connectivity index (χ4n) is 4.36. The van der Waals surface area contributed by atoms with Crippen molar-refractivity contribution in [2.24, 2.45) is 0 Å². The Morgan fingerprint density at radius 1 is 0.583 bits per heavy atom. The lowest BCUT2D eigenvalue weighted by Crippen LogP contribution is -2.64. The molecule has 0 amide bonds. The quantitative estimate of drug-likeness (QED) is 0.112. The van der Waals surface area contributed by atoms with Gasteiger partial charge in [0.2, 0.25) is 0 Å². The number of hydrogen-bond donors (Lipinski definition) is 7. The van der Waals surface area contributed by atoms with E-state index in [4.69, 9.17) is 23.7 Å². The van der Waals surface area contributed by atoms with Gasteiger partial charge in [0.1, 0.15) is 48.8 Å². The standard InChI is InChI=1S/C24H46O12/c1-2-3-4-5-6-7-8-9-10-32-11-12-33-23-21(31)19(29)22(16(14-26)35-23)36-24-20(30)18(28)17(27)15(13-25)34-24/h15-31H,2-14H2,1H3/t15?,16?,17-,18+,19-,20+,21+,22-,23?,24?/m0/s1. The molecule has 0 aromatic carbocycles. The SMILES string of the molecule is CCCCCCCCCCOCCOC1OC(CO)[C@H](OC2OC(CO)[C@H](O)[C@@H](O)[C@H]2O)[C@@H](O)[C@H]1O. The van der Waals surface area contributed by atoms with E-state index in [2.05, 4.69) is 6.92 Å². The van der Waals surface area contributed by atoms with Crippen LogP contribution in [-0.2, 0) is 23.7 Å². The average molecular weight is 527 g/mol. The summed E-state index contributed by atoms with van der Waals surface area (Å²) < 4.78 is 27.4. The van der Waals surface area contributed by atoms with Gasteiger partial charge >= 0.3 is 0 Å². The molecule has 0 aliphatic carbocycles. The lowest BCUT2D eigenvalue weighted by atomic mass is 9.97. The maximum Gasteiger partial charge on any atom is 0.187 e. The van der Waals surface area contributed by atoms with Crippen molar-refractivity contribution in [3.8, 4) is 0 Å². The Morgan fingerprint density at radius 3 is 1.81 bits per heavy atom. The lowest BCUT2D eigenvalue weighted by molar-refractivity contribution is -0.359. The highest BCUT2D eigenvalue weighted by Crippen LogP contribution is 2.29. The zero-order chi connectivity index (χ0) is 26.5. The first-order valence-electron chi connectivity index (χ1n) is 13.1. The number of ether oxygens (including phenoxy) is 5. The van der Waals surface area contributed by atoms with Crippen LogP contribution in [0.3, 0.4) is 0 Å². The van der Waals surface area contributed by atoms with Crippen LogP contribution in [0.15, 0.2) is 0 Å². The first kappa shape index (κ1) is 31.7. The Bertz CT molecular complexity index is 565. The molecule has 7 N–H and O–H groups in total. The van der Waals surface area contributed by atoms with Crippen molar-refractivity contribution in [2.45, 2.75) is 120 Å². The summed E-state index contributed by atoms with van der Waals surface area (Å²) in [6.45, 7) is 1.91. The van der Waals surface area contributed by atoms with Crippen LogP contribution in [0.2, 0.25) is 0 Å². The van der Waals surface area contributed by atoms with Crippen molar-refractivity contribution in [1.82, 2.24) is 0 Å². The Hall–Kier alpha value is -0.480. The van der Waals surface area contributed by atoms with Gasteiger partial charge in [0, 0.05) is 6.61 Å². The van der Waals surface area contributed by atoms with Crippen LogP contribution in [0.5, 0.6) is 0 Å². The molecule has 0 aromatic heterocycles. The molecule has 0 aromatic rings. The first-order chi connectivity index (χ1) is 17.3. The van der Waals surface area contributed by atoms with Gasteiger partial charge < -0.3 is 59.4 Å². The van der Waals surface area contributed by atoms with Crippen molar-refractivity contribution in [3.05, 3.63) is 0 Å². The Labute approximate surface area is 212 Å². The van der Waals surface area contributed by atoms with Crippen molar-refractivity contribution >= 4 is 0 Å². The monoisotopic (exact) mass is 526 g/mol. The number of aliphatic hydroxyl groups is 7. The topological polar surface area (TPSA) is 188 Å². The third kappa shape index (κ3) is 9.37. The molecule has 0 spiro atoms. The van der Waals surface area contributed by atoms with E-state index >= 15 is 0 Å². The fraction of sp³-hybridized carbons (Fsp3) is 1.00. The van der Waals surface area contributed by atoms with E-state index in [0.29, 0.717) is 6.61 Å². The highest BCUT2D eigenvalue weighted by Gasteiger charge is 2.50. The van der Waals surface area contributed by atoms with E-state index in [9.17, 15) is 35.7 Å². The molecule has 2 aliphatic heterocycles. The Morgan fingerprint density at radius 2 is 1.17 bits per heavy atom. The van der Waals surface area contributed by atoms with Crippen molar-refractivity contribution in [3.63, 3.8) is 0 Å². The maximum atomic E-state index is 10.6. The van der Waals surface area contributed by atoms with Gasteiger partial charge in [-0.15, -0.1) is 0 Å². The molecule has 2 fully saturated rings. The van der Waals surface area contributed by atoms with Gasteiger partial charge in [0.05, 0.1) is 26.4 Å². The van der Waals surface area contributed by atoms with Crippen molar-refractivity contribution < 1.29 is 59.4 Å². The van der Waals surface area contributed by atoms with Crippen LogP contribution in [0.1, 0.15) is 58.3 Å². The van der Waals surface area contributed by atoms with Gasteiger partial charge in [0.15, 0.2) is 12.6 Å². The molecule has 12 heteroatoms. The van der Waals surface area contributed by atoms with Gasteiger partial charge in [-0.2, -0.15) is 0 Å². The van der Waals surface area contributed by atoms with E-state index in [1.165, 1.54) is 38.5 Å². The van der Waals surface area contributed by atoms with Crippen LogP contribution >= 0.6 is 0 Å². The normalized spacial score (nSPS) is 37.3. The zero-order valence-corrected chi connectivity index (χ0v) is 21.1. The molecule has 2 rings (SSSR count).